The molecular weight excluding hydrogens is 282 g/mol. The van der Waals surface area contributed by atoms with E-state index >= 15 is 0 Å². The molecule has 0 N–H and O–H groups in total. The van der Waals surface area contributed by atoms with Crippen molar-refractivity contribution in [3.63, 3.8) is 0 Å². The lowest BCUT2D eigenvalue weighted by atomic mass is 9.90. The summed E-state index contributed by atoms with van der Waals surface area (Å²) < 4.78 is 0. The molecule has 0 atom stereocenters. The predicted octanol–water partition coefficient (Wildman–Crippen LogP) is 5.73. The molecule has 0 aliphatic carbocycles. The first kappa shape index (κ1) is 19.7. The third kappa shape index (κ3) is 7.20. The van der Waals surface area contributed by atoms with Gasteiger partial charge in [0.25, 0.3) is 0 Å². The summed E-state index contributed by atoms with van der Waals surface area (Å²) in [6, 6.07) is 8.90. The Bertz CT molecular complexity index is 481. The summed E-state index contributed by atoms with van der Waals surface area (Å²) in [5.74, 6) is 0.297. The van der Waals surface area contributed by atoms with Gasteiger partial charge in [0.05, 0.1) is 0 Å². The second kappa shape index (κ2) is 9.10. The van der Waals surface area contributed by atoms with E-state index in [1.807, 2.05) is 0 Å². The van der Waals surface area contributed by atoms with Gasteiger partial charge in [-0.15, -0.1) is 0 Å². The maximum absolute atomic E-state index is 13.0. The van der Waals surface area contributed by atoms with Gasteiger partial charge in [0.2, 0.25) is 5.91 Å². The molecule has 0 aromatic heterocycles. The molecule has 0 spiro atoms. The molecular formula is C21H35NO. The Morgan fingerprint density at radius 3 is 2.22 bits per heavy atom. The summed E-state index contributed by atoms with van der Waals surface area (Å²) in [6.07, 6.45) is 5.05. The molecule has 2 nitrogen and oxygen atoms in total. The van der Waals surface area contributed by atoms with Crippen LogP contribution in [0.5, 0.6) is 0 Å². The van der Waals surface area contributed by atoms with Gasteiger partial charge in [-0.2, -0.15) is 0 Å². The second-order valence-electron chi connectivity index (χ2n) is 7.98. The normalized spacial score (nSPS) is 11.8. The Kier molecular flexibility index (Phi) is 7.81. The van der Waals surface area contributed by atoms with Crippen LogP contribution in [-0.4, -0.2) is 16.8 Å². The number of hydrogen-bond acceptors (Lipinski definition) is 1. The molecule has 1 rings (SSSR count). The van der Waals surface area contributed by atoms with Gasteiger partial charge in [0, 0.05) is 19.0 Å². The maximum atomic E-state index is 13.0. The van der Waals surface area contributed by atoms with Gasteiger partial charge in [-0.05, 0) is 30.7 Å². The van der Waals surface area contributed by atoms with Crippen LogP contribution in [0.2, 0.25) is 0 Å². The van der Waals surface area contributed by atoms with Crippen molar-refractivity contribution in [2.75, 3.05) is 0 Å². The molecule has 0 aliphatic rings. The first-order valence-corrected chi connectivity index (χ1v) is 9.11. The highest BCUT2D eigenvalue weighted by Gasteiger charge is 2.26. The Balaban J connectivity index is 3.00. The Morgan fingerprint density at radius 2 is 1.74 bits per heavy atom. The van der Waals surface area contributed by atoms with Crippen molar-refractivity contribution in [1.29, 1.82) is 0 Å². The lowest BCUT2D eigenvalue weighted by Crippen LogP contribution is -2.41. The van der Waals surface area contributed by atoms with E-state index in [4.69, 9.17) is 0 Å². The van der Waals surface area contributed by atoms with Gasteiger partial charge in [-0.3, -0.25) is 4.79 Å². The van der Waals surface area contributed by atoms with Gasteiger partial charge in [0.15, 0.2) is 0 Å². The molecule has 2 heteroatoms. The molecule has 23 heavy (non-hydrogen) atoms. The lowest BCUT2D eigenvalue weighted by molar-refractivity contribution is -0.136. The predicted molar refractivity (Wildman–Crippen MR) is 99.4 cm³/mol. The highest BCUT2D eigenvalue weighted by atomic mass is 16.2. The SMILES string of the molecule is CCCC(CCC)N(Cc1cccc(C)c1)C(=O)CC(C)(C)C. The van der Waals surface area contributed by atoms with Gasteiger partial charge in [-0.1, -0.05) is 77.3 Å². The van der Waals surface area contributed by atoms with Crippen LogP contribution in [0.4, 0.5) is 0 Å². The van der Waals surface area contributed by atoms with Crippen LogP contribution in [-0.2, 0) is 11.3 Å². The first-order chi connectivity index (χ1) is 10.8. The van der Waals surface area contributed by atoms with Crippen molar-refractivity contribution in [1.82, 2.24) is 4.90 Å². The van der Waals surface area contributed by atoms with E-state index < -0.39 is 0 Å². The summed E-state index contributed by atoms with van der Waals surface area (Å²) in [5.41, 5.74) is 2.53. The van der Waals surface area contributed by atoms with E-state index in [0.29, 0.717) is 18.4 Å². The standard InChI is InChI=1S/C21H35NO/c1-7-10-19(11-8-2)22(20(23)15-21(4,5)6)16-18-13-9-12-17(3)14-18/h9,12-14,19H,7-8,10-11,15-16H2,1-6H3. The first-order valence-electron chi connectivity index (χ1n) is 9.11. The third-order valence-electron chi connectivity index (χ3n) is 4.12. The minimum absolute atomic E-state index is 0.0327. The van der Waals surface area contributed by atoms with Crippen molar-refractivity contribution in [2.45, 2.75) is 86.2 Å². The monoisotopic (exact) mass is 317 g/mol. The summed E-state index contributed by atoms with van der Waals surface area (Å²) >= 11 is 0. The van der Waals surface area contributed by atoms with E-state index in [0.717, 1.165) is 32.2 Å². The van der Waals surface area contributed by atoms with Crippen LogP contribution in [0.3, 0.4) is 0 Å². The second-order valence-corrected chi connectivity index (χ2v) is 7.98. The van der Waals surface area contributed by atoms with E-state index in [1.54, 1.807) is 0 Å². The van der Waals surface area contributed by atoms with Crippen LogP contribution in [0.15, 0.2) is 24.3 Å². The summed E-state index contributed by atoms with van der Waals surface area (Å²) in [4.78, 5) is 15.1. The molecule has 0 fully saturated rings. The Labute approximate surface area is 143 Å². The van der Waals surface area contributed by atoms with Gasteiger partial charge in [0.1, 0.15) is 0 Å². The molecule has 1 aromatic rings. The average molecular weight is 318 g/mol. The van der Waals surface area contributed by atoms with E-state index in [9.17, 15) is 4.79 Å². The maximum Gasteiger partial charge on any atom is 0.223 e. The molecule has 0 saturated heterocycles. The Morgan fingerprint density at radius 1 is 1.13 bits per heavy atom. The van der Waals surface area contributed by atoms with Crippen molar-refractivity contribution in [3.05, 3.63) is 35.4 Å². The summed E-state index contributed by atoms with van der Waals surface area (Å²) in [6.45, 7) is 13.7. The van der Waals surface area contributed by atoms with Gasteiger partial charge < -0.3 is 4.90 Å². The number of hydrogen-bond donors (Lipinski definition) is 0. The van der Waals surface area contributed by atoms with E-state index in [2.05, 4.69) is 70.7 Å². The zero-order valence-electron chi connectivity index (χ0n) is 16.0. The summed E-state index contributed by atoms with van der Waals surface area (Å²) in [7, 11) is 0. The lowest BCUT2D eigenvalue weighted by Gasteiger charge is -2.34. The number of carbonyl (C=O) groups is 1. The van der Waals surface area contributed by atoms with Crippen LogP contribution >= 0.6 is 0 Å². The number of amides is 1. The van der Waals surface area contributed by atoms with Crippen molar-refractivity contribution in [2.24, 2.45) is 5.41 Å². The number of benzene rings is 1. The van der Waals surface area contributed by atoms with Crippen molar-refractivity contribution in [3.8, 4) is 0 Å². The van der Waals surface area contributed by atoms with Crippen LogP contribution in [0, 0.1) is 12.3 Å². The number of rotatable bonds is 8. The number of nitrogens with zero attached hydrogens (tertiary/aromatic N) is 1. The van der Waals surface area contributed by atoms with Crippen LogP contribution in [0.25, 0.3) is 0 Å². The molecule has 0 heterocycles. The largest absolute Gasteiger partial charge is 0.335 e. The van der Waals surface area contributed by atoms with Gasteiger partial charge >= 0.3 is 0 Å². The van der Waals surface area contributed by atoms with Crippen LogP contribution < -0.4 is 0 Å². The quantitative estimate of drug-likeness (QED) is 0.599. The molecule has 1 amide bonds. The fraction of sp³-hybridized carbons (Fsp3) is 0.667. The van der Waals surface area contributed by atoms with Crippen molar-refractivity contribution < 1.29 is 4.79 Å². The fourth-order valence-corrected chi connectivity index (χ4v) is 3.11. The van der Waals surface area contributed by atoms with Crippen LogP contribution in [0.1, 0.15) is 77.8 Å². The molecule has 0 bridgehead atoms. The third-order valence-corrected chi connectivity index (χ3v) is 4.12. The molecule has 0 saturated carbocycles. The van der Waals surface area contributed by atoms with Crippen molar-refractivity contribution >= 4 is 5.91 Å². The highest BCUT2D eigenvalue weighted by Crippen LogP contribution is 2.24. The molecule has 0 radical (unpaired) electrons. The minimum atomic E-state index is 0.0327. The number of aryl methyl sites for hydroxylation is 1. The van der Waals surface area contributed by atoms with E-state index in [-0.39, 0.29) is 5.41 Å². The minimum Gasteiger partial charge on any atom is -0.335 e. The smallest absolute Gasteiger partial charge is 0.223 e. The Hall–Kier alpha value is -1.31. The zero-order valence-corrected chi connectivity index (χ0v) is 16.0. The highest BCUT2D eigenvalue weighted by molar-refractivity contribution is 5.77. The average Bonchev–Trinajstić information content (AvgIpc) is 2.43. The topological polar surface area (TPSA) is 20.3 Å². The number of carbonyl (C=O) groups excluding carboxylic acids is 1. The van der Waals surface area contributed by atoms with Gasteiger partial charge in [-0.25, -0.2) is 0 Å². The molecule has 130 valence electrons. The molecule has 0 aliphatic heterocycles. The molecule has 0 unspecified atom stereocenters. The summed E-state index contributed by atoms with van der Waals surface area (Å²) in [5, 5.41) is 0. The molecule has 1 aromatic carbocycles. The zero-order chi connectivity index (χ0) is 17.5. The van der Waals surface area contributed by atoms with E-state index in [1.165, 1.54) is 11.1 Å². The fourth-order valence-electron chi connectivity index (χ4n) is 3.11.